The summed E-state index contributed by atoms with van der Waals surface area (Å²) in [6.07, 6.45) is 0. The molecular formula is C19H14FN3O4S2. The fraction of sp³-hybridized carbons (Fsp3) is 0.158. The van der Waals surface area contributed by atoms with Crippen LogP contribution in [-0.4, -0.2) is 29.1 Å². The molecule has 29 heavy (non-hydrogen) atoms. The van der Waals surface area contributed by atoms with Crippen molar-refractivity contribution in [1.29, 1.82) is 0 Å². The largest absolute Gasteiger partial charge is 0.383 e. The van der Waals surface area contributed by atoms with Gasteiger partial charge in [0, 0.05) is 35.9 Å². The number of methoxy groups -OCH3 is 1. The number of carbonyl (C=O) groups excluding carboxylic acids is 1. The van der Waals surface area contributed by atoms with E-state index in [-0.39, 0.29) is 5.69 Å². The van der Waals surface area contributed by atoms with Gasteiger partial charge < -0.3 is 9.30 Å². The molecule has 0 spiro atoms. The number of hydrogen-bond donors (Lipinski definition) is 0. The molecule has 0 atom stereocenters. The highest BCUT2D eigenvalue weighted by atomic mass is 32.1. The summed E-state index contributed by atoms with van der Waals surface area (Å²) in [5.41, 5.74) is 0.344. The molecule has 0 aliphatic rings. The summed E-state index contributed by atoms with van der Waals surface area (Å²) in [5, 5.41) is 11.6. The lowest BCUT2D eigenvalue weighted by Gasteiger charge is -2.04. The molecule has 4 aromatic rings. The van der Waals surface area contributed by atoms with Crippen molar-refractivity contribution >= 4 is 54.6 Å². The molecule has 2 aromatic heterocycles. The molecule has 7 nitrogen and oxygen atoms in total. The maximum Gasteiger partial charge on any atom is 0.289 e. The van der Waals surface area contributed by atoms with Gasteiger partial charge in [0.05, 0.1) is 26.6 Å². The van der Waals surface area contributed by atoms with E-state index in [9.17, 15) is 19.3 Å². The quantitative estimate of drug-likeness (QED) is 0.347. The predicted octanol–water partition coefficient (Wildman–Crippen LogP) is 4.35. The molecule has 0 fully saturated rings. The fourth-order valence-corrected chi connectivity index (χ4v) is 4.95. The summed E-state index contributed by atoms with van der Waals surface area (Å²) in [4.78, 5) is 28.2. The van der Waals surface area contributed by atoms with Gasteiger partial charge in [0.1, 0.15) is 5.82 Å². The molecule has 148 valence electrons. The van der Waals surface area contributed by atoms with Gasteiger partial charge in [-0.25, -0.2) is 4.39 Å². The van der Waals surface area contributed by atoms with E-state index in [2.05, 4.69) is 4.99 Å². The molecule has 2 heterocycles. The first-order chi connectivity index (χ1) is 14.0. The van der Waals surface area contributed by atoms with Gasteiger partial charge in [-0.2, -0.15) is 4.99 Å². The highest BCUT2D eigenvalue weighted by Crippen LogP contribution is 2.29. The van der Waals surface area contributed by atoms with E-state index in [1.54, 1.807) is 35.9 Å². The Morgan fingerprint density at radius 3 is 2.83 bits per heavy atom. The van der Waals surface area contributed by atoms with Gasteiger partial charge in [0.2, 0.25) is 0 Å². The first kappa shape index (κ1) is 19.4. The summed E-state index contributed by atoms with van der Waals surface area (Å²) in [6.45, 7) is 0.691. The third-order valence-corrected chi connectivity index (χ3v) is 6.44. The molecule has 10 heteroatoms. The number of thiophene rings is 1. The number of fused-ring (bicyclic) bond motifs is 2. The van der Waals surface area contributed by atoms with Crippen molar-refractivity contribution in [3.05, 3.63) is 68.1 Å². The minimum atomic E-state index is -0.480. The van der Waals surface area contributed by atoms with Crippen molar-refractivity contribution in [2.75, 3.05) is 13.7 Å². The van der Waals surface area contributed by atoms with E-state index in [0.717, 1.165) is 4.70 Å². The van der Waals surface area contributed by atoms with Gasteiger partial charge in [0.25, 0.3) is 11.6 Å². The number of nitrogens with zero attached hydrogens (tertiary/aromatic N) is 3. The number of halogens is 1. The van der Waals surface area contributed by atoms with Crippen LogP contribution in [0.1, 0.15) is 9.67 Å². The van der Waals surface area contributed by atoms with Gasteiger partial charge in [-0.1, -0.05) is 17.4 Å². The average molecular weight is 431 g/mol. The Labute approximate surface area is 171 Å². The number of para-hydroxylation sites is 1. The van der Waals surface area contributed by atoms with Crippen molar-refractivity contribution in [3.63, 3.8) is 0 Å². The van der Waals surface area contributed by atoms with Crippen LogP contribution in [0.3, 0.4) is 0 Å². The molecule has 0 saturated heterocycles. The Hall–Kier alpha value is -2.95. The lowest BCUT2D eigenvalue weighted by atomic mass is 10.2. The number of ether oxygens (including phenoxy) is 1. The van der Waals surface area contributed by atoms with Gasteiger partial charge in [-0.3, -0.25) is 14.9 Å². The number of hydrogen-bond acceptors (Lipinski definition) is 6. The van der Waals surface area contributed by atoms with Crippen molar-refractivity contribution < 1.29 is 18.8 Å². The van der Waals surface area contributed by atoms with Crippen molar-refractivity contribution in [2.24, 2.45) is 4.99 Å². The van der Waals surface area contributed by atoms with Gasteiger partial charge in [-0.05, 0) is 24.3 Å². The van der Waals surface area contributed by atoms with Gasteiger partial charge >= 0.3 is 0 Å². The number of benzene rings is 2. The Balaban J connectivity index is 1.80. The Bertz CT molecular complexity index is 1320. The second-order valence-corrected chi connectivity index (χ2v) is 8.22. The third kappa shape index (κ3) is 3.69. The molecule has 0 radical (unpaired) electrons. The second kappa shape index (κ2) is 7.82. The van der Waals surface area contributed by atoms with Crippen LogP contribution in [0.4, 0.5) is 10.1 Å². The summed E-state index contributed by atoms with van der Waals surface area (Å²) < 4.78 is 22.5. The van der Waals surface area contributed by atoms with E-state index in [1.807, 2.05) is 0 Å². The molecule has 0 aliphatic carbocycles. The minimum absolute atomic E-state index is 0.0383. The van der Waals surface area contributed by atoms with E-state index in [4.69, 9.17) is 4.74 Å². The summed E-state index contributed by atoms with van der Waals surface area (Å²) >= 11 is 2.43. The number of amides is 1. The zero-order chi connectivity index (χ0) is 20.5. The lowest BCUT2D eigenvalue weighted by molar-refractivity contribution is -0.384. The third-order valence-electron chi connectivity index (χ3n) is 4.29. The average Bonchev–Trinajstić information content (AvgIpc) is 3.27. The van der Waals surface area contributed by atoms with Crippen LogP contribution >= 0.6 is 22.7 Å². The van der Waals surface area contributed by atoms with Crippen molar-refractivity contribution in [1.82, 2.24) is 4.57 Å². The van der Waals surface area contributed by atoms with Crippen molar-refractivity contribution in [2.45, 2.75) is 6.54 Å². The standard InChI is InChI=1S/C19H14FN3O4S2/c1-27-8-7-22-17-13(20)3-2-4-15(17)29-19(22)21-18(24)16-10-11-9-12(23(25)26)5-6-14(11)28-16/h2-6,9-10H,7-8H2,1H3. The molecule has 4 rings (SSSR count). The predicted molar refractivity (Wildman–Crippen MR) is 110 cm³/mol. The number of nitro groups is 1. The zero-order valence-corrected chi connectivity index (χ0v) is 16.8. The second-order valence-electron chi connectivity index (χ2n) is 6.12. The molecule has 0 saturated carbocycles. The molecular weight excluding hydrogens is 417 g/mol. The number of rotatable bonds is 5. The molecule has 0 bridgehead atoms. The smallest absolute Gasteiger partial charge is 0.289 e. The molecule has 0 unspecified atom stereocenters. The van der Waals surface area contributed by atoms with Gasteiger partial charge in [0.15, 0.2) is 4.80 Å². The zero-order valence-electron chi connectivity index (χ0n) is 15.1. The maximum atomic E-state index is 14.4. The first-order valence-corrected chi connectivity index (χ1v) is 10.1. The topological polar surface area (TPSA) is 86.7 Å². The van der Waals surface area contributed by atoms with Crippen molar-refractivity contribution in [3.8, 4) is 0 Å². The number of non-ortho nitro benzene ring substituents is 1. The van der Waals surface area contributed by atoms with Gasteiger partial charge in [-0.15, -0.1) is 11.3 Å². The molecule has 1 amide bonds. The highest BCUT2D eigenvalue weighted by molar-refractivity contribution is 7.21. The Morgan fingerprint density at radius 2 is 2.07 bits per heavy atom. The number of nitro benzene ring substituents is 1. The van der Waals surface area contributed by atoms with E-state index in [1.165, 1.54) is 40.9 Å². The number of carbonyl (C=O) groups is 1. The first-order valence-electron chi connectivity index (χ1n) is 8.52. The molecule has 0 N–H and O–H groups in total. The summed E-state index contributed by atoms with van der Waals surface area (Å²) in [5.74, 6) is -0.870. The van der Waals surface area contributed by atoms with Crippen LogP contribution in [0.15, 0.2) is 47.5 Å². The SMILES string of the molecule is COCCn1c(=NC(=O)c2cc3cc([N+](=O)[O-])ccc3s2)sc2cccc(F)c21. The highest BCUT2D eigenvalue weighted by Gasteiger charge is 2.15. The normalized spacial score (nSPS) is 12.1. The van der Waals surface area contributed by atoms with Crippen LogP contribution in [0.5, 0.6) is 0 Å². The Morgan fingerprint density at radius 1 is 1.24 bits per heavy atom. The summed E-state index contributed by atoms with van der Waals surface area (Å²) in [7, 11) is 1.55. The molecule has 2 aromatic carbocycles. The minimum Gasteiger partial charge on any atom is -0.383 e. The Kier molecular flexibility index (Phi) is 5.22. The summed E-state index contributed by atoms with van der Waals surface area (Å²) in [6, 6.07) is 10.8. The van der Waals surface area contributed by atoms with E-state index < -0.39 is 16.6 Å². The lowest BCUT2D eigenvalue weighted by Crippen LogP contribution is -2.19. The van der Waals surface area contributed by atoms with Crippen LogP contribution in [0.2, 0.25) is 0 Å². The van der Waals surface area contributed by atoms with E-state index in [0.29, 0.717) is 38.4 Å². The van der Waals surface area contributed by atoms with Crippen LogP contribution in [-0.2, 0) is 11.3 Å². The number of thiazole rings is 1. The van der Waals surface area contributed by atoms with E-state index >= 15 is 0 Å². The van der Waals surface area contributed by atoms with Crippen LogP contribution in [0, 0.1) is 15.9 Å². The monoisotopic (exact) mass is 431 g/mol. The fourth-order valence-electron chi connectivity index (χ4n) is 2.95. The van der Waals surface area contributed by atoms with Crippen LogP contribution in [0.25, 0.3) is 20.3 Å². The molecule has 0 aliphatic heterocycles. The van der Waals surface area contributed by atoms with Crippen LogP contribution < -0.4 is 4.80 Å². The maximum absolute atomic E-state index is 14.4. The number of aromatic nitrogens is 1.